The first-order valence-electron chi connectivity index (χ1n) is 7.19. The standard InChI is InChI=1S/C15H24N2O2S/c1-12-6-8-17(9-7-12)20(18,19)15-10-14(11-16-3)5-4-13(15)2/h4-5,10,12,16H,6-9,11H2,1-3H3. The van der Waals surface area contributed by atoms with Crippen LogP contribution in [0, 0.1) is 12.8 Å². The summed E-state index contributed by atoms with van der Waals surface area (Å²) in [6, 6.07) is 5.68. The van der Waals surface area contributed by atoms with Crippen LogP contribution in [-0.4, -0.2) is 32.9 Å². The quantitative estimate of drug-likeness (QED) is 0.926. The van der Waals surface area contributed by atoms with Gasteiger partial charge in [-0.3, -0.25) is 0 Å². The summed E-state index contributed by atoms with van der Waals surface area (Å²) in [5, 5.41) is 3.06. The molecule has 112 valence electrons. The van der Waals surface area contributed by atoms with Gasteiger partial charge in [-0.05, 0) is 49.9 Å². The highest BCUT2D eigenvalue weighted by Gasteiger charge is 2.29. The Labute approximate surface area is 122 Å². The van der Waals surface area contributed by atoms with Crippen molar-refractivity contribution in [3.63, 3.8) is 0 Å². The molecule has 1 heterocycles. The van der Waals surface area contributed by atoms with Gasteiger partial charge in [0.1, 0.15) is 0 Å². The lowest BCUT2D eigenvalue weighted by Crippen LogP contribution is -2.38. The van der Waals surface area contributed by atoms with Gasteiger partial charge in [0.05, 0.1) is 4.90 Å². The van der Waals surface area contributed by atoms with Crippen LogP contribution < -0.4 is 5.32 Å². The minimum absolute atomic E-state index is 0.458. The Balaban J connectivity index is 2.31. The zero-order valence-electron chi connectivity index (χ0n) is 12.5. The van der Waals surface area contributed by atoms with Crippen molar-refractivity contribution in [2.75, 3.05) is 20.1 Å². The summed E-state index contributed by atoms with van der Waals surface area (Å²) < 4.78 is 27.2. The van der Waals surface area contributed by atoms with Crippen LogP contribution >= 0.6 is 0 Å². The average Bonchev–Trinajstić information content (AvgIpc) is 2.41. The van der Waals surface area contributed by atoms with Crippen molar-refractivity contribution >= 4 is 10.0 Å². The van der Waals surface area contributed by atoms with Gasteiger partial charge >= 0.3 is 0 Å². The minimum atomic E-state index is -3.35. The molecule has 0 amide bonds. The lowest BCUT2D eigenvalue weighted by Gasteiger charge is -2.30. The lowest BCUT2D eigenvalue weighted by atomic mass is 10.0. The van der Waals surface area contributed by atoms with Crippen LogP contribution in [-0.2, 0) is 16.6 Å². The van der Waals surface area contributed by atoms with Crippen molar-refractivity contribution in [1.29, 1.82) is 0 Å². The van der Waals surface area contributed by atoms with E-state index in [1.165, 1.54) is 0 Å². The van der Waals surface area contributed by atoms with E-state index in [0.717, 1.165) is 24.0 Å². The van der Waals surface area contributed by atoms with E-state index in [0.29, 0.717) is 30.4 Å². The number of benzene rings is 1. The number of hydrogen-bond donors (Lipinski definition) is 1. The molecule has 0 spiro atoms. The van der Waals surface area contributed by atoms with E-state index >= 15 is 0 Å². The monoisotopic (exact) mass is 296 g/mol. The van der Waals surface area contributed by atoms with Crippen LogP contribution in [0.5, 0.6) is 0 Å². The smallest absolute Gasteiger partial charge is 0.243 e. The summed E-state index contributed by atoms with van der Waals surface area (Å²) in [7, 11) is -1.49. The van der Waals surface area contributed by atoms with E-state index in [1.54, 1.807) is 10.4 Å². The maximum atomic E-state index is 12.8. The highest BCUT2D eigenvalue weighted by Crippen LogP contribution is 2.26. The Morgan fingerprint density at radius 2 is 1.95 bits per heavy atom. The molecule has 1 aromatic carbocycles. The molecule has 1 saturated heterocycles. The van der Waals surface area contributed by atoms with Crippen LogP contribution in [0.25, 0.3) is 0 Å². The summed E-state index contributed by atoms with van der Waals surface area (Å²) in [6.07, 6.45) is 1.91. The summed E-state index contributed by atoms with van der Waals surface area (Å²) in [6.45, 7) is 6.00. The topological polar surface area (TPSA) is 49.4 Å². The molecule has 0 bridgehead atoms. The van der Waals surface area contributed by atoms with E-state index < -0.39 is 10.0 Å². The van der Waals surface area contributed by atoms with Gasteiger partial charge in [-0.1, -0.05) is 19.1 Å². The second-order valence-electron chi connectivity index (χ2n) is 5.72. The summed E-state index contributed by atoms with van der Waals surface area (Å²) >= 11 is 0. The maximum Gasteiger partial charge on any atom is 0.243 e. The molecule has 1 aliphatic heterocycles. The molecular weight excluding hydrogens is 272 g/mol. The third-order valence-electron chi connectivity index (χ3n) is 3.99. The molecule has 2 rings (SSSR count). The molecule has 0 aromatic heterocycles. The highest BCUT2D eigenvalue weighted by atomic mass is 32.2. The Morgan fingerprint density at radius 3 is 2.55 bits per heavy atom. The first-order chi connectivity index (χ1) is 9.45. The fraction of sp³-hybridized carbons (Fsp3) is 0.600. The first-order valence-corrected chi connectivity index (χ1v) is 8.63. The number of sulfonamides is 1. The SMILES string of the molecule is CNCc1ccc(C)c(S(=O)(=O)N2CCC(C)CC2)c1. The number of nitrogens with zero attached hydrogens (tertiary/aromatic N) is 1. The summed E-state index contributed by atoms with van der Waals surface area (Å²) in [4.78, 5) is 0.458. The molecule has 0 atom stereocenters. The molecule has 4 nitrogen and oxygen atoms in total. The second kappa shape index (κ2) is 6.24. The van der Waals surface area contributed by atoms with E-state index in [2.05, 4.69) is 12.2 Å². The predicted octanol–water partition coefficient (Wildman–Crippen LogP) is 2.14. The van der Waals surface area contributed by atoms with Gasteiger partial charge in [0, 0.05) is 19.6 Å². The van der Waals surface area contributed by atoms with Gasteiger partial charge < -0.3 is 5.32 Å². The zero-order valence-corrected chi connectivity index (χ0v) is 13.3. The highest BCUT2D eigenvalue weighted by molar-refractivity contribution is 7.89. The van der Waals surface area contributed by atoms with Gasteiger partial charge in [0.25, 0.3) is 0 Å². The molecule has 0 radical (unpaired) electrons. The van der Waals surface area contributed by atoms with Crippen LogP contribution in [0.4, 0.5) is 0 Å². The Bertz CT molecular complexity index is 561. The van der Waals surface area contributed by atoms with Gasteiger partial charge in [-0.2, -0.15) is 4.31 Å². The molecule has 1 fully saturated rings. The molecule has 20 heavy (non-hydrogen) atoms. The summed E-state index contributed by atoms with van der Waals surface area (Å²) in [5.74, 6) is 0.623. The van der Waals surface area contributed by atoms with Crippen molar-refractivity contribution < 1.29 is 8.42 Å². The predicted molar refractivity (Wildman–Crippen MR) is 81.1 cm³/mol. The number of hydrogen-bond acceptors (Lipinski definition) is 3. The van der Waals surface area contributed by atoms with E-state index in [4.69, 9.17) is 0 Å². The van der Waals surface area contributed by atoms with Crippen LogP contribution in [0.3, 0.4) is 0 Å². The van der Waals surface area contributed by atoms with Crippen LogP contribution in [0.2, 0.25) is 0 Å². The molecule has 0 unspecified atom stereocenters. The Kier molecular flexibility index (Phi) is 4.83. The molecule has 5 heteroatoms. The van der Waals surface area contributed by atoms with Crippen molar-refractivity contribution in [2.45, 2.75) is 38.1 Å². The fourth-order valence-corrected chi connectivity index (χ4v) is 4.35. The Hall–Kier alpha value is -0.910. The molecule has 0 saturated carbocycles. The molecule has 1 N–H and O–H groups in total. The Morgan fingerprint density at radius 1 is 1.30 bits per heavy atom. The molecule has 1 aliphatic rings. The lowest BCUT2D eigenvalue weighted by molar-refractivity contribution is 0.288. The number of aryl methyl sites for hydroxylation is 1. The largest absolute Gasteiger partial charge is 0.316 e. The summed E-state index contributed by atoms with van der Waals surface area (Å²) in [5.41, 5.74) is 1.82. The van der Waals surface area contributed by atoms with E-state index in [-0.39, 0.29) is 0 Å². The van der Waals surface area contributed by atoms with Crippen molar-refractivity contribution in [3.8, 4) is 0 Å². The molecular formula is C15H24N2O2S. The van der Waals surface area contributed by atoms with E-state index in [1.807, 2.05) is 26.1 Å². The van der Waals surface area contributed by atoms with Crippen molar-refractivity contribution in [2.24, 2.45) is 5.92 Å². The van der Waals surface area contributed by atoms with Gasteiger partial charge in [0.15, 0.2) is 0 Å². The second-order valence-corrected chi connectivity index (χ2v) is 7.62. The maximum absolute atomic E-state index is 12.8. The van der Waals surface area contributed by atoms with Gasteiger partial charge in [-0.25, -0.2) is 8.42 Å². The zero-order chi connectivity index (χ0) is 14.8. The third kappa shape index (κ3) is 3.22. The normalized spacial score (nSPS) is 18.4. The third-order valence-corrected chi connectivity index (χ3v) is 6.03. The molecule has 0 aliphatic carbocycles. The number of rotatable bonds is 4. The van der Waals surface area contributed by atoms with Gasteiger partial charge in [0.2, 0.25) is 10.0 Å². The average molecular weight is 296 g/mol. The van der Waals surface area contributed by atoms with Gasteiger partial charge in [-0.15, -0.1) is 0 Å². The fourth-order valence-electron chi connectivity index (χ4n) is 2.60. The van der Waals surface area contributed by atoms with Crippen molar-refractivity contribution in [1.82, 2.24) is 9.62 Å². The first kappa shape index (κ1) is 15.5. The number of piperidine rings is 1. The van der Waals surface area contributed by atoms with Crippen LogP contribution in [0.15, 0.2) is 23.1 Å². The molecule has 1 aromatic rings. The van der Waals surface area contributed by atoms with Crippen molar-refractivity contribution in [3.05, 3.63) is 29.3 Å². The number of nitrogens with one attached hydrogen (secondary N) is 1. The van der Waals surface area contributed by atoms with Crippen LogP contribution in [0.1, 0.15) is 30.9 Å². The van der Waals surface area contributed by atoms with E-state index in [9.17, 15) is 8.42 Å². The minimum Gasteiger partial charge on any atom is -0.316 e.